The molecule has 0 bridgehead atoms. The predicted octanol–water partition coefficient (Wildman–Crippen LogP) is 2.01. The monoisotopic (exact) mass is 405 g/mol. The summed E-state index contributed by atoms with van der Waals surface area (Å²) in [6, 6.07) is 11.1. The maximum Gasteiger partial charge on any atom is 0.148 e. The quantitative estimate of drug-likeness (QED) is 0.265. The number of nitrogens with one attached hydrogen (secondary N) is 2. The van der Waals surface area contributed by atoms with Gasteiger partial charge in [0.2, 0.25) is 0 Å². The normalized spacial score (nSPS) is 14.8. The number of oxime groups is 1. The molecule has 0 saturated carbocycles. The zero-order chi connectivity index (χ0) is 21.1. The minimum atomic E-state index is 0.0894. The van der Waals surface area contributed by atoms with Gasteiger partial charge in [0.15, 0.2) is 0 Å². The Morgan fingerprint density at radius 2 is 2.00 bits per heavy atom. The van der Waals surface area contributed by atoms with Gasteiger partial charge in [0.05, 0.1) is 30.6 Å². The van der Waals surface area contributed by atoms with Gasteiger partial charge in [-0.05, 0) is 42.8 Å². The molecule has 0 aliphatic carbocycles. The Morgan fingerprint density at radius 3 is 2.77 bits per heavy atom. The van der Waals surface area contributed by atoms with Crippen LogP contribution in [0.25, 0.3) is 10.9 Å². The highest BCUT2D eigenvalue weighted by Crippen LogP contribution is 2.22. The average Bonchev–Trinajstić information content (AvgIpc) is 2.79. The Hall–Kier alpha value is -3.59. The Kier molecular flexibility index (Phi) is 5.53. The van der Waals surface area contributed by atoms with Crippen molar-refractivity contribution in [1.82, 2.24) is 14.8 Å². The number of anilines is 1. The molecule has 1 aliphatic heterocycles. The molecule has 154 valence electrons. The second kappa shape index (κ2) is 8.42. The summed E-state index contributed by atoms with van der Waals surface area (Å²) in [5.41, 5.74) is 3.71. The van der Waals surface area contributed by atoms with E-state index in [0.29, 0.717) is 31.0 Å². The highest BCUT2D eigenvalue weighted by molar-refractivity contribution is 5.96. The van der Waals surface area contributed by atoms with Gasteiger partial charge in [-0.1, -0.05) is 11.2 Å². The molecule has 30 heavy (non-hydrogen) atoms. The van der Waals surface area contributed by atoms with E-state index >= 15 is 0 Å². The summed E-state index contributed by atoms with van der Waals surface area (Å²) in [6.07, 6.45) is 2.19. The summed E-state index contributed by atoms with van der Waals surface area (Å²) in [4.78, 5) is 6.83. The van der Waals surface area contributed by atoms with Crippen LogP contribution in [-0.2, 0) is 11.2 Å². The van der Waals surface area contributed by atoms with Gasteiger partial charge in [-0.25, -0.2) is 4.68 Å². The maximum atomic E-state index is 8.96. The molecule has 1 fully saturated rings. The fraction of sp³-hybridized carbons (Fsp3) is 0.286. The molecule has 1 aromatic carbocycles. The van der Waals surface area contributed by atoms with Crippen LogP contribution in [0, 0.1) is 10.8 Å². The number of fused-ring (bicyclic) bond motifs is 1. The van der Waals surface area contributed by atoms with Gasteiger partial charge in [0.1, 0.15) is 22.7 Å². The lowest BCUT2D eigenvalue weighted by molar-refractivity contribution is 0.122. The first-order valence-electron chi connectivity index (χ1n) is 9.68. The van der Waals surface area contributed by atoms with E-state index in [4.69, 9.17) is 20.8 Å². The number of benzene rings is 1. The molecular weight excluding hydrogens is 382 g/mol. The Balaban J connectivity index is 1.60. The van der Waals surface area contributed by atoms with Crippen LogP contribution in [0.4, 0.5) is 5.69 Å². The second-order valence-electron chi connectivity index (χ2n) is 7.14. The van der Waals surface area contributed by atoms with Gasteiger partial charge >= 0.3 is 0 Å². The van der Waals surface area contributed by atoms with Gasteiger partial charge in [-0.15, -0.1) is 0 Å². The molecule has 1 aliphatic rings. The molecule has 0 amide bonds. The first kappa shape index (κ1) is 19.7. The number of morpholine rings is 1. The molecular formula is C21H23N7O2. The largest absolute Gasteiger partial charge is 0.411 e. The van der Waals surface area contributed by atoms with Crippen molar-refractivity contribution in [3.63, 3.8) is 0 Å². The minimum absolute atomic E-state index is 0.0894. The molecule has 0 radical (unpaired) electrons. The molecule has 3 N–H and O–H groups in total. The Bertz CT molecular complexity index is 1180. The first-order valence-corrected chi connectivity index (χ1v) is 9.68. The number of hydrogen-bond acceptors (Lipinski definition) is 8. The van der Waals surface area contributed by atoms with Crippen LogP contribution in [0.1, 0.15) is 18.2 Å². The van der Waals surface area contributed by atoms with Crippen LogP contribution in [0.15, 0.2) is 47.8 Å². The van der Waals surface area contributed by atoms with Crippen molar-refractivity contribution in [1.29, 1.82) is 10.8 Å². The zero-order valence-corrected chi connectivity index (χ0v) is 16.7. The van der Waals surface area contributed by atoms with Crippen LogP contribution < -0.4 is 10.4 Å². The van der Waals surface area contributed by atoms with E-state index < -0.39 is 0 Å². The standard InChI is InChI=1S/C21H23N7O2/c1-14(26-29)18-4-5-20(22)28(25-18)21(23)11-15-2-3-19-16(10-15)12-17(13-24-19)27-6-8-30-9-7-27/h2-5,10,12-13,22-23,29H,6-9,11H2,1H3/b22-20?,23-21?,26-14+. The molecule has 2 aromatic heterocycles. The SMILES string of the molecule is C/C(=N\O)c1ccc(=N)n(C(=N)Cc2ccc3ncc(N4CCOCC4)cc3c2)n1. The molecule has 3 heterocycles. The maximum absolute atomic E-state index is 8.96. The summed E-state index contributed by atoms with van der Waals surface area (Å²) in [5, 5.41) is 33.9. The molecule has 1 saturated heterocycles. The summed E-state index contributed by atoms with van der Waals surface area (Å²) >= 11 is 0. The van der Waals surface area contributed by atoms with Crippen molar-refractivity contribution in [2.75, 3.05) is 31.2 Å². The van der Waals surface area contributed by atoms with Crippen molar-refractivity contribution in [3.05, 3.63) is 59.3 Å². The number of ether oxygens (including phenoxy) is 1. The van der Waals surface area contributed by atoms with Crippen LogP contribution in [-0.4, -0.2) is 57.8 Å². The summed E-state index contributed by atoms with van der Waals surface area (Å²) in [5.74, 6) is 0.157. The average molecular weight is 405 g/mol. The second-order valence-corrected chi connectivity index (χ2v) is 7.14. The van der Waals surface area contributed by atoms with E-state index in [1.54, 1.807) is 13.0 Å². The fourth-order valence-electron chi connectivity index (χ4n) is 3.42. The van der Waals surface area contributed by atoms with Crippen LogP contribution >= 0.6 is 0 Å². The van der Waals surface area contributed by atoms with Gasteiger partial charge < -0.3 is 14.8 Å². The van der Waals surface area contributed by atoms with E-state index in [1.807, 2.05) is 24.4 Å². The predicted molar refractivity (Wildman–Crippen MR) is 114 cm³/mol. The third-order valence-electron chi connectivity index (χ3n) is 5.09. The van der Waals surface area contributed by atoms with Gasteiger partial charge in [0.25, 0.3) is 0 Å². The van der Waals surface area contributed by atoms with Crippen molar-refractivity contribution in [2.45, 2.75) is 13.3 Å². The van der Waals surface area contributed by atoms with Gasteiger partial charge in [-0.2, -0.15) is 5.10 Å². The molecule has 3 aromatic rings. The van der Waals surface area contributed by atoms with E-state index in [0.717, 1.165) is 35.2 Å². The van der Waals surface area contributed by atoms with E-state index in [1.165, 1.54) is 10.7 Å². The number of hydrogen-bond donors (Lipinski definition) is 3. The Labute approximate surface area is 173 Å². The number of nitrogens with zero attached hydrogens (tertiary/aromatic N) is 5. The highest BCUT2D eigenvalue weighted by atomic mass is 16.5. The molecule has 0 spiro atoms. The fourth-order valence-corrected chi connectivity index (χ4v) is 3.42. The van der Waals surface area contributed by atoms with Crippen LogP contribution in [0.2, 0.25) is 0 Å². The van der Waals surface area contributed by atoms with Crippen molar-refractivity contribution >= 4 is 28.1 Å². The smallest absolute Gasteiger partial charge is 0.148 e. The summed E-state index contributed by atoms with van der Waals surface area (Å²) in [7, 11) is 0. The lowest BCUT2D eigenvalue weighted by Gasteiger charge is -2.28. The van der Waals surface area contributed by atoms with E-state index in [9.17, 15) is 0 Å². The highest BCUT2D eigenvalue weighted by Gasteiger charge is 2.13. The summed E-state index contributed by atoms with van der Waals surface area (Å²) < 4.78 is 6.67. The third-order valence-corrected chi connectivity index (χ3v) is 5.09. The molecule has 9 heteroatoms. The van der Waals surface area contributed by atoms with Crippen molar-refractivity contribution in [2.24, 2.45) is 5.16 Å². The van der Waals surface area contributed by atoms with Crippen molar-refractivity contribution < 1.29 is 9.94 Å². The van der Waals surface area contributed by atoms with Crippen LogP contribution in [0.5, 0.6) is 0 Å². The first-order chi connectivity index (χ1) is 14.5. The van der Waals surface area contributed by atoms with E-state index in [-0.39, 0.29) is 11.3 Å². The van der Waals surface area contributed by atoms with Crippen LogP contribution in [0.3, 0.4) is 0 Å². The zero-order valence-electron chi connectivity index (χ0n) is 16.7. The van der Waals surface area contributed by atoms with E-state index in [2.05, 4.69) is 26.2 Å². The molecule has 4 rings (SSSR count). The van der Waals surface area contributed by atoms with Crippen molar-refractivity contribution in [3.8, 4) is 0 Å². The molecule has 0 atom stereocenters. The lowest BCUT2D eigenvalue weighted by Crippen LogP contribution is -2.36. The molecule has 9 nitrogen and oxygen atoms in total. The van der Waals surface area contributed by atoms with Gasteiger partial charge in [0, 0.05) is 24.9 Å². The Morgan fingerprint density at radius 1 is 1.20 bits per heavy atom. The summed E-state index contributed by atoms with van der Waals surface area (Å²) in [6.45, 7) is 4.74. The third kappa shape index (κ3) is 4.06. The topological polar surface area (TPSA) is 123 Å². The number of rotatable bonds is 4. The number of aromatic nitrogens is 3. The van der Waals surface area contributed by atoms with Gasteiger partial charge in [-0.3, -0.25) is 15.8 Å². The minimum Gasteiger partial charge on any atom is -0.411 e. The number of pyridine rings is 1. The molecule has 0 unspecified atom stereocenters. The lowest BCUT2D eigenvalue weighted by atomic mass is 10.1.